The van der Waals surface area contributed by atoms with Gasteiger partial charge in [0.25, 0.3) is 0 Å². The number of hydrogen-bond donors (Lipinski definition) is 0. The van der Waals surface area contributed by atoms with Crippen LogP contribution >= 0.6 is 0 Å². The Morgan fingerprint density at radius 1 is 0.800 bits per heavy atom. The van der Waals surface area contributed by atoms with Gasteiger partial charge in [0, 0.05) is 0 Å². The molecule has 0 radical (unpaired) electrons. The van der Waals surface area contributed by atoms with Crippen LogP contribution in [0.4, 0.5) is 0 Å². The molecule has 0 aromatic carbocycles. The van der Waals surface area contributed by atoms with E-state index in [1.54, 1.807) is 0 Å². The molecule has 0 spiro atoms. The van der Waals surface area contributed by atoms with Crippen molar-refractivity contribution in [3.63, 3.8) is 0 Å². The van der Waals surface area contributed by atoms with Crippen molar-refractivity contribution in [2.24, 2.45) is 0 Å². The van der Waals surface area contributed by atoms with Crippen LogP contribution in [0.2, 0.25) is 0 Å². The largest absolute Gasteiger partial charge is 3.00 e. The molecule has 0 bridgehead atoms. The van der Waals surface area contributed by atoms with E-state index in [0.717, 1.165) is 0 Å². The average molecular weight is 158 g/mol. The van der Waals surface area contributed by atoms with Crippen LogP contribution in [0.5, 0.6) is 0 Å². The summed E-state index contributed by atoms with van der Waals surface area (Å²) in [5, 5.41) is 0. The van der Waals surface area contributed by atoms with Crippen LogP contribution in [-0.2, 0) is 38.2 Å². The van der Waals surface area contributed by atoms with Gasteiger partial charge in [-0.2, -0.15) is 0 Å². The molecule has 4 nitrogen and oxygen atoms in total. The van der Waals surface area contributed by atoms with E-state index in [9.17, 15) is 0 Å². The van der Waals surface area contributed by atoms with Crippen LogP contribution in [0.15, 0.2) is 0 Å². The van der Waals surface area contributed by atoms with Crippen molar-refractivity contribution in [2.45, 2.75) is 0 Å². The predicted molar refractivity (Wildman–Crippen MR) is 9.85 cm³/mol. The molecule has 5 heavy (non-hydrogen) atoms. The van der Waals surface area contributed by atoms with Crippen molar-refractivity contribution in [1.29, 1.82) is 0 Å². The number of hydrogen-bond acceptors (Lipinski definition) is 1. The first kappa shape index (κ1) is 163. The molecule has 32 valence electrons. The van der Waals surface area contributed by atoms with Crippen LogP contribution in [0.1, 0.15) is 0 Å². The predicted octanol–water partition coefficient (Wildman–Crippen LogP) is -1.95. The minimum atomic E-state index is 0. The Morgan fingerprint density at radius 3 is 0.800 bits per heavy atom. The summed E-state index contributed by atoms with van der Waals surface area (Å²) in [5.41, 5.74) is 0. The zero-order valence-corrected chi connectivity index (χ0v) is 5.27. The molecule has 0 heterocycles. The third kappa shape index (κ3) is 48.1. The molecule has 0 unspecified atom stereocenters. The summed E-state index contributed by atoms with van der Waals surface area (Å²) < 4.78 is 0. The molecule has 0 saturated carbocycles. The maximum Gasteiger partial charge on any atom is 3.00 e. The summed E-state index contributed by atoms with van der Waals surface area (Å²) >= 11 is 0. The summed E-state index contributed by atoms with van der Waals surface area (Å²) in [7, 11) is 0. The maximum absolute atomic E-state index is 0. The Morgan fingerprint density at radius 2 is 0.800 bits per heavy atom. The molecule has 5 N–H and O–H groups in total. The van der Waals surface area contributed by atoms with E-state index in [2.05, 4.69) is 0 Å². The first-order valence-corrected chi connectivity index (χ1v) is 0. The first-order valence-electron chi connectivity index (χ1n) is 0. The second-order valence-corrected chi connectivity index (χ2v) is 0. The topological polar surface area (TPSA) is 122 Å². The fraction of sp³-hybridized carbons (Fsp3) is 0. The normalized spacial score (nSPS) is 0. The second-order valence-electron chi connectivity index (χ2n) is 0. The molecule has 0 aromatic heterocycles. The zero-order chi connectivity index (χ0) is 0. The monoisotopic (exact) mass is 158 g/mol. The molecule has 0 amide bonds. The van der Waals surface area contributed by atoms with Crippen LogP contribution in [0.25, 0.3) is 0 Å². The smallest absolute Gasteiger partial charge is 2.00 e. The van der Waals surface area contributed by atoms with Gasteiger partial charge in [-0.25, -0.2) is 0 Å². The molecule has 0 aliphatic rings. The van der Waals surface area contributed by atoms with Crippen molar-refractivity contribution >= 4 is 0 Å². The quantitative estimate of drug-likeness (QED) is 0.399. The number of rotatable bonds is 0. The van der Waals surface area contributed by atoms with Gasteiger partial charge in [0.15, 0.2) is 0 Å². The Bertz CT molecular complexity index is 3.61. The van der Waals surface area contributed by atoms with E-state index in [1.165, 1.54) is 0 Å². The standard InChI is InChI=1S/3H2O.O.Y/h3*1H2;;/q;;;-2;+3/p-1. The van der Waals surface area contributed by atoms with Crippen LogP contribution in [0.3, 0.4) is 0 Å². The third-order valence-corrected chi connectivity index (χ3v) is 0. The van der Waals surface area contributed by atoms with Crippen molar-refractivity contribution in [1.82, 2.24) is 0 Å². The van der Waals surface area contributed by atoms with E-state index < -0.39 is 0 Å². The second kappa shape index (κ2) is 86.3. The molecule has 0 saturated heterocycles. The van der Waals surface area contributed by atoms with Gasteiger partial charge in [-0.15, -0.1) is 0 Å². The van der Waals surface area contributed by atoms with Crippen LogP contribution in [-0.4, -0.2) is 16.4 Å². The zero-order valence-electron chi connectivity index (χ0n) is 2.43. The average Bonchev–Trinajstić information content (AvgIpc) is 0. The minimum absolute atomic E-state index is 0. The fourth-order valence-electron chi connectivity index (χ4n) is 0. The van der Waals surface area contributed by atoms with Crippen molar-refractivity contribution < 1.29 is 54.6 Å². The van der Waals surface area contributed by atoms with Crippen molar-refractivity contribution in [2.75, 3.05) is 0 Å². The Hall–Kier alpha value is 0.944. The summed E-state index contributed by atoms with van der Waals surface area (Å²) in [6.07, 6.45) is 0. The van der Waals surface area contributed by atoms with Gasteiger partial charge in [-0.3, -0.25) is 0 Å². The molecular formula is H5O4Y. The SMILES string of the molecule is O.O.[O-2].[OH-].[Y+3]. The van der Waals surface area contributed by atoms with Gasteiger partial charge in [0.1, 0.15) is 0 Å². The summed E-state index contributed by atoms with van der Waals surface area (Å²) in [5.74, 6) is 0. The Balaban J connectivity index is 0. The Labute approximate surface area is 54.7 Å². The summed E-state index contributed by atoms with van der Waals surface area (Å²) in [4.78, 5) is 0. The van der Waals surface area contributed by atoms with Gasteiger partial charge >= 0.3 is 32.7 Å². The van der Waals surface area contributed by atoms with Crippen LogP contribution in [0, 0.1) is 0 Å². The van der Waals surface area contributed by atoms with E-state index in [4.69, 9.17) is 0 Å². The van der Waals surface area contributed by atoms with E-state index in [1.807, 2.05) is 0 Å². The van der Waals surface area contributed by atoms with E-state index in [0.29, 0.717) is 0 Å². The summed E-state index contributed by atoms with van der Waals surface area (Å²) in [6.45, 7) is 0. The van der Waals surface area contributed by atoms with Gasteiger partial charge in [-0.05, 0) is 0 Å². The van der Waals surface area contributed by atoms with E-state index >= 15 is 0 Å². The van der Waals surface area contributed by atoms with E-state index in [-0.39, 0.29) is 54.6 Å². The molecule has 0 aliphatic carbocycles. The fourth-order valence-corrected chi connectivity index (χ4v) is 0. The molecule has 0 rings (SSSR count). The van der Waals surface area contributed by atoms with Crippen molar-refractivity contribution in [3.8, 4) is 0 Å². The summed E-state index contributed by atoms with van der Waals surface area (Å²) in [6, 6.07) is 0. The third-order valence-electron chi connectivity index (χ3n) is 0. The first-order chi connectivity index (χ1) is 0. The maximum atomic E-state index is 0. The van der Waals surface area contributed by atoms with Gasteiger partial charge < -0.3 is 21.9 Å². The Kier molecular flexibility index (Phi) is 2810. The molecule has 5 heteroatoms. The molecular weight excluding hydrogens is 153 g/mol. The molecule has 0 aliphatic heterocycles. The molecule has 0 atom stereocenters. The molecule has 0 aromatic rings. The van der Waals surface area contributed by atoms with Crippen LogP contribution < -0.4 is 0 Å². The van der Waals surface area contributed by atoms with Gasteiger partial charge in [0.2, 0.25) is 0 Å². The van der Waals surface area contributed by atoms with Crippen molar-refractivity contribution in [3.05, 3.63) is 0 Å². The van der Waals surface area contributed by atoms with Gasteiger partial charge in [-0.1, -0.05) is 0 Å². The molecule has 0 fully saturated rings. The minimum Gasteiger partial charge on any atom is -2.00 e. The van der Waals surface area contributed by atoms with Gasteiger partial charge in [0.05, 0.1) is 0 Å².